The summed E-state index contributed by atoms with van der Waals surface area (Å²) in [5.41, 5.74) is 0.653. The van der Waals surface area contributed by atoms with E-state index in [1.807, 2.05) is 24.3 Å². The third-order valence-electron chi connectivity index (χ3n) is 4.01. The molecule has 9 heteroatoms. The predicted octanol–water partition coefficient (Wildman–Crippen LogP) is 3.46. The monoisotopic (exact) mass is 478 g/mol. The number of sulfonamides is 1. The van der Waals surface area contributed by atoms with Crippen molar-refractivity contribution in [3.63, 3.8) is 0 Å². The van der Waals surface area contributed by atoms with Crippen LogP contribution < -0.4 is 14.8 Å². The van der Waals surface area contributed by atoms with Crippen LogP contribution >= 0.6 is 15.9 Å². The molecule has 2 aromatic carbocycles. The maximum Gasteiger partial charge on any atom is 0.287 e. The minimum absolute atomic E-state index is 0.136. The van der Waals surface area contributed by atoms with Gasteiger partial charge in [0.25, 0.3) is 5.91 Å². The smallest absolute Gasteiger partial charge is 0.287 e. The Labute approximate surface area is 177 Å². The molecule has 0 aliphatic carbocycles. The van der Waals surface area contributed by atoms with Crippen molar-refractivity contribution in [2.45, 2.75) is 18.0 Å². The van der Waals surface area contributed by atoms with Gasteiger partial charge in [0.2, 0.25) is 10.0 Å². The van der Waals surface area contributed by atoms with Crippen LogP contribution in [0.4, 0.5) is 0 Å². The van der Waals surface area contributed by atoms with Crippen LogP contribution in [0.15, 0.2) is 74.4 Å². The number of halogens is 1. The minimum Gasteiger partial charge on any atom is -0.486 e. The molecule has 3 aromatic rings. The van der Waals surface area contributed by atoms with Crippen LogP contribution in [0.2, 0.25) is 0 Å². The number of furan rings is 1. The molecule has 0 saturated carbocycles. The fourth-order valence-corrected chi connectivity index (χ4v) is 3.54. The highest BCUT2D eigenvalue weighted by Gasteiger charge is 2.14. The van der Waals surface area contributed by atoms with Crippen molar-refractivity contribution in [2.75, 3.05) is 7.05 Å². The number of rotatable bonds is 8. The summed E-state index contributed by atoms with van der Waals surface area (Å²) in [6, 6.07) is 17.0. The summed E-state index contributed by atoms with van der Waals surface area (Å²) in [5, 5.41) is 2.71. The summed E-state index contributed by atoms with van der Waals surface area (Å²) in [5.74, 6) is 0.951. The van der Waals surface area contributed by atoms with Gasteiger partial charge in [-0.05, 0) is 61.1 Å². The van der Waals surface area contributed by atoms with Crippen LogP contribution in [-0.4, -0.2) is 21.4 Å². The first-order chi connectivity index (χ1) is 13.9. The first-order valence-electron chi connectivity index (χ1n) is 8.65. The average Bonchev–Trinajstić information content (AvgIpc) is 3.21. The largest absolute Gasteiger partial charge is 0.486 e. The van der Waals surface area contributed by atoms with E-state index in [2.05, 4.69) is 26.0 Å². The number of carbonyl (C=O) groups excluding carboxylic acids is 1. The van der Waals surface area contributed by atoms with E-state index >= 15 is 0 Å². The van der Waals surface area contributed by atoms with Crippen LogP contribution in [-0.2, 0) is 23.2 Å². The molecule has 0 aliphatic rings. The highest BCUT2D eigenvalue weighted by atomic mass is 79.9. The van der Waals surface area contributed by atoms with Crippen molar-refractivity contribution >= 4 is 31.9 Å². The highest BCUT2D eigenvalue weighted by Crippen LogP contribution is 2.18. The van der Waals surface area contributed by atoms with Gasteiger partial charge >= 0.3 is 0 Å². The van der Waals surface area contributed by atoms with Crippen molar-refractivity contribution in [3.05, 3.63) is 82.2 Å². The molecule has 7 nitrogen and oxygen atoms in total. The third-order valence-corrected chi connectivity index (χ3v) is 5.95. The highest BCUT2D eigenvalue weighted by molar-refractivity contribution is 9.10. The molecule has 0 spiro atoms. The van der Waals surface area contributed by atoms with E-state index in [9.17, 15) is 13.2 Å². The van der Waals surface area contributed by atoms with Gasteiger partial charge in [0.1, 0.15) is 18.1 Å². The van der Waals surface area contributed by atoms with Gasteiger partial charge in [-0.1, -0.05) is 28.1 Å². The second-order valence-corrected chi connectivity index (χ2v) is 8.85. The lowest BCUT2D eigenvalue weighted by molar-refractivity contribution is 0.0919. The fraction of sp³-hybridized carbons (Fsp3) is 0.150. The summed E-state index contributed by atoms with van der Waals surface area (Å²) < 4.78 is 38.1. The summed E-state index contributed by atoms with van der Waals surface area (Å²) >= 11 is 3.36. The van der Waals surface area contributed by atoms with Crippen molar-refractivity contribution in [2.24, 2.45) is 0 Å². The number of carbonyl (C=O) groups is 1. The predicted molar refractivity (Wildman–Crippen MR) is 111 cm³/mol. The molecule has 0 fully saturated rings. The Hall–Kier alpha value is -2.62. The quantitative estimate of drug-likeness (QED) is 0.516. The van der Waals surface area contributed by atoms with Crippen LogP contribution in [0.3, 0.4) is 0 Å². The van der Waals surface area contributed by atoms with Gasteiger partial charge in [-0.2, -0.15) is 0 Å². The van der Waals surface area contributed by atoms with Gasteiger partial charge in [-0.3, -0.25) is 4.79 Å². The van der Waals surface area contributed by atoms with Crippen LogP contribution in [0.5, 0.6) is 5.75 Å². The van der Waals surface area contributed by atoms with E-state index in [0.29, 0.717) is 17.1 Å². The molecule has 1 heterocycles. The summed E-state index contributed by atoms with van der Waals surface area (Å²) in [4.78, 5) is 12.4. The van der Waals surface area contributed by atoms with Gasteiger partial charge in [-0.25, -0.2) is 13.1 Å². The normalized spacial score (nSPS) is 11.2. The first kappa shape index (κ1) is 21.1. The molecule has 1 amide bonds. The number of ether oxygens (including phenoxy) is 1. The molecule has 0 saturated heterocycles. The van der Waals surface area contributed by atoms with E-state index in [1.165, 1.54) is 19.2 Å². The molecular formula is C20H19BrN2O5S. The molecule has 0 radical (unpaired) electrons. The Bertz CT molecular complexity index is 1090. The fourth-order valence-electron chi connectivity index (χ4n) is 2.47. The van der Waals surface area contributed by atoms with Crippen molar-refractivity contribution in [1.82, 2.24) is 10.0 Å². The van der Waals surface area contributed by atoms with E-state index < -0.39 is 15.9 Å². The summed E-state index contributed by atoms with van der Waals surface area (Å²) in [7, 11) is -2.19. The zero-order chi connectivity index (χ0) is 20.9. The molecule has 0 aliphatic heterocycles. The molecule has 3 rings (SSSR count). The first-order valence-corrected chi connectivity index (χ1v) is 10.9. The SMILES string of the molecule is CNS(=O)(=O)c1cccc(CNC(=O)c2ccc(COc3ccc(Br)cc3)o2)c1. The Balaban J connectivity index is 1.56. The second kappa shape index (κ2) is 9.25. The van der Waals surface area contributed by atoms with Gasteiger partial charge < -0.3 is 14.5 Å². The van der Waals surface area contributed by atoms with Gasteiger partial charge in [-0.15, -0.1) is 0 Å². The second-order valence-electron chi connectivity index (χ2n) is 6.05. The zero-order valence-corrected chi connectivity index (χ0v) is 17.9. The third kappa shape index (κ3) is 5.69. The lowest BCUT2D eigenvalue weighted by Gasteiger charge is -2.07. The van der Waals surface area contributed by atoms with Gasteiger partial charge in [0.05, 0.1) is 4.90 Å². The topological polar surface area (TPSA) is 97.6 Å². The van der Waals surface area contributed by atoms with E-state index in [0.717, 1.165) is 4.47 Å². The molecule has 0 bridgehead atoms. The lowest BCUT2D eigenvalue weighted by atomic mass is 10.2. The van der Waals surface area contributed by atoms with Gasteiger partial charge in [0, 0.05) is 11.0 Å². The molecule has 0 unspecified atom stereocenters. The Morgan fingerprint density at radius 3 is 2.59 bits per heavy atom. The number of hydrogen-bond acceptors (Lipinski definition) is 5. The summed E-state index contributed by atoms with van der Waals surface area (Å²) in [6.45, 7) is 0.357. The summed E-state index contributed by atoms with van der Waals surface area (Å²) in [6.07, 6.45) is 0. The Morgan fingerprint density at radius 2 is 1.86 bits per heavy atom. The molecular weight excluding hydrogens is 460 g/mol. The number of amides is 1. The molecule has 0 atom stereocenters. The van der Waals surface area contributed by atoms with Gasteiger partial charge in [0.15, 0.2) is 5.76 Å². The van der Waals surface area contributed by atoms with Crippen molar-refractivity contribution in [1.29, 1.82) is 0 Å². The van der Waals surface area contributed by atoms with E-state index in [4.69, 9.17) is 9.15 Å². The number of nitrogens with one attached hydrogen (secondary N) is 2. The maximum absolute atomic E-state index is 12.3. The minimum atomic E-state index is -3.54. The van der Waals surface area contributed by atoms with E-state index in [1.54, 1.807) is 24.3 Å². The zero-order valence-electron chi connectivity index (χ0n) is 15.5. The maximum atomic E-state index is 12.3. The lowest BCUT2D eigenvalue weighted by Crippen LogP contribution is -2.23. The average molecular weight is 479 g/mol. The molecule has 29 heavy (non-hydrogen) atoms. The molecule has 2 N–H and O–H groups in total. The Morgan fingerprint density at radius 1 is 1.10 bits per heavy atom. The Kier molecular flexibility index (Phi) is 6.73. The van der Waals surface area contributed by atoms with Crippen LogP contribution in [0.1, 0.15) is 21.9 Å². The molecule has 152 valence electrons. The standard InChI is InChI=1S/C20H19BrN2O5S/c1-22-29(25,26)18-4-2-3-14(11-18)12-23-20(24)19-10-9-17(28-19)13-27-16-7-5-15(21)6-8-16/h2-11,22H,12-13H2,1H3,(H,23,24). The van der Waals surface area contributed by atoms with Crippen LogP contribution in [0.25, 0.3) is 0 Å². The number of hydrogen-bond donors (Lipinski definition) is 2. The molecule has 1 aromatic heterocycles. The van der Waals surface area contributed by atoms with Crippen molar-refractivity contribution < 1.29 is 22.4 Å². The van der Waals surface area contributed by atoms with E-state index in [-0.39, 0.29) is 23.8 Å². The number of benzene rings is 2. The van der Waals surface area contributed by atoms with Crippen LogP contribution in [0, 0.1) is 0 Å². The van der Waals surface area contributed by atoms with Crippen molar-refractivity contribution in [3.8, 4) is 5.75 Å².